The number of amides is 1. The zero-order chi connectivity index (χ0) is 12.8. The molecule has 3 nitrogen and oxygen atoms in total. The number of hydrogen-bond acceptors (Lipinski definition) is 1. The van der Waals surface area contributed by atoms with E-state index in [0.717, 1.165) is 4.90 Å². The van der Waals surface area contributed by atoms with Crippen molar-refractivity contribution < 1.29 is 9.90 Å². The summed E-state index contributed by atoms with van der Waals surface area (Å²) in [5.41, 5.74) is -0.274. The Morgan fingerprint density at radius 1 is 1.59 bits per heavy atom. The molecule has 0 heterocycles. The van der Waals surface area contributed by atoms with Crippen molar-refractivity contribution in [2.24, 2.45) is 0 Å². The highest BCUT2D eigenvalue weighted by molar-refractivity contribution is 6.31. The second-order valence-electron chi connectivity index (χ2n) is 3.31. The van der Waals surface area contributed by atoms with Gasteiger partial charge in [-0.25, -0.2) is 4.79 Å². The highest BCUT2D eigenvalue weighted by Crippen LogP contribution is 2.24. The average Bonchev–Trinajstić information content (AvgIpc) is 2.26. The molecule has 0 aliphatic heterocycles. The fourth-order valence-corrected chi connectivity index (χ4v) is 1.84. The number of nitrogens with zero attached hydrogens (tertiary/aromatic N) is 1. The topological polar surface area (TPSA) is 40.5 Å². The molecule has 1 unspecified atom stereocenters. The lowest BCUT2D eigenvalue weighted by Crippen LogP contribution is -2.36. The van der Waals surface area contributed by atoms with Gasteiger partial charge in [0.2, 0.25) is 0 Å². The summed E-state index contributed by atoms with van der Waals surface area (Å²) < 4.78 is 0. The Balaban J connectivity index is 2.94. The molecule has 0 aromatic heterocycles. The first-order valence-corrected chi connectivity index (χ1v) is 5.73. The summed E-state index contributed by atoms with van der Waals surface area (Å²) >= 11 is 11.8. The summed E-state index contributed by atoms with van der Waals surface area (Å²) in [5.74, 6) is 2.43. The standard InChI is InChI=1S/C12H11Cl2NO2/c1-2-3-7-11(14)15(12(16)17)10-6-4-5-9(13)8-10/h1,4-6,8,11H,3,7H2,(H,16,17). The van der Waals surface area contributed by atoms with E-state index in [2.05, 4.69) is 5.92 Å². The summed E-state index contributed by atoms with van der Waals surface area (Å²) in [6, 6.07) is 6.50. The van der Waals surface area contributed by atoms with Gasteiger partial charge < -0.3 is 5.11 Å². The van der Waals surface area contributed by atoms with Crippen LogP contribution < -0.4 is 4.90 Å². The Morgan fingerprint density at radius 2 is 2.29 bits per heavy atom. The molecule has 0 bridgehead atoms. The van der Waals surface area contributed by atoms with Crippen LogP contribution in [-0.2, 0) is 0 Å². The normalized spacial score (nSPS) is 11.6. The van der Waals surface area contributed by atoms with Crippen molar-refractivity contribution in [1.82, 2.24) is 0 Å². The third-order valence-electron chi connectivity index (χ3n) is 2.10. The molecule has 0 aliphatic rings. The second-order valence-corrected chi connectivity index (χ2v) is 4.25. The van der Waals surface area contributed by atoms with Gasteiger partial charge in [0.05, 0.1) is 5.69 Å². The number of carboxylic acid groups (broad SMARTS) is 1. The molecule has 0 radical (unpaired) electrons. The summed E-state index contributed by atoms with van der Waals surface area (Å²) in [7, 11) is 0. The molecular formula is C12H11Cl2NO2. The van der Waals surface area contributed by atoms with Crippen LogP contribution in [0.5, 0.6) is 0 Å². The van der Waals surface area contributed by atoms with Gasteiger partial charge in [-0.05, 0) is 24.6 Å². The smallest absolute Gasteiger partial charge is 0.413 e. The maximum Gasteiger partial charge on any atom is 0.413 e. The first-order valence-electron chi connectivity index (χ1n) is 4.91. The van der Waals surface area contributed by atoms with E-state index in [1.54, 1.807) is 24.3 Å². The highest BCUT2D eigenvalue weighted by Gasteiger charge is 2.22. The predicted octanol–water partition coefficient (Wildman–Crippen LogP) is 3.80. The van der Waals surface area contributed by atoms with Gasteiger partial charge in [0.15, 0.2) is 0 Å². The number of hydrogen-bond donors (Lipinski definition) is 1. The van der Waals surface area contributed by atoms with E-state index in [1.807, 2.05) is 0 Å². The molecule has 90 valence electrons. The number of alkyl halides is 1. The molecular weight excluding hydrogens is 261 g/mol. The Bertz CT molecular complexity index is 442. The van der Waals surface area contributed by atoms with Crippen molar-refractivity contribution in [2.45, 2.75) is 18.3 Å². The third-order valence-corrected chi connectivity index (χ3v) is 2.75. The maximum atomic E-state index is 11.2. The van der Waals surface area contributed by atoms with Crippen LogP contribution >= 0.6 is 23.2 Å². The summed E-state index contributed by atoms with van der Waals surface area (Å²) in [6.07, 6.45) is 4.79. The number of halogens is 2. The van der Waals surface area contributed by atoms with Crippen LogP contribution in [-0.4, -0.2) is 16.7 Å². The Hall–Kier alpha value is -1.37. The van der Waals surface area contributed by atoms with Gasteiger partial charge in [0, 0.05) is 11.4 Å². The minimum Gasteiger partial charge on any atom is -0.465 e. The Morgan fingerprint density at radius 3 is 2.82 bits per heavy atom. The van der Waals surface area contributed by atoms with Gasteiger partial charge in [-0.1, -0.05) is 29.3 Å². The van der Waals surface area contributed by atoms with Crippen LogP contribution in [0, 0.1) is 12.3 Å². The third kappa shape index (κ3) is 3.85. The Kier molecular flexibility index (Phi) is 5.14. The molecule has 17 heavy (non-hydrogen) atoms. The monoisotopic (exact) mass is 271 g/mol. The molecule has 1 N–H and O–H groups in total. The first kappa shape index (κ1) is 13.7. The van der Waals surface area contributed by atoms with E-state index in [4.69, 9.17) is 34.7 Å². The molecule has 0 fully saturated rings. The fraction of sp³-hybridized carbons (Fsp3) is 0.250. The van der Waals surface area contributed by atoms with Crippen LogP contribution in [0.1, 0.15) is 12.8 Å². The molecule has 0 aliphatic carbocycles. The second kappa shape index (κ2) is 6.39. The van der Waals surface area contributed by atoms with Crippen LogP contribution in [0.3, 0.4) is 0 Å². The molecule has 0 spiro atoms. The van der Waals surface area contributed by atoms with E-state index >= 15 is 0 Å². The van der Waals surface area contributed by atoms with Crippen molar-refractivity contribution in [3.8, 4) is 12.3 Å². The minimum absolute atomic E-state index is 0.386. The zero-order valence-corrected chi connectivity index (χ0v) is 10.4. The van der Waals surface area contributed by atoms with Crippen molar-refractivity contribution in [3.05, 3.63) is 29.3 Å². The lowest BCUT2D eigenvalue weighted by molar-refractivity contribution is 0.201. The van der Waals surface area contributed by atoms with E-state index in [-0.39, 0.29) is 0 Å². The van der Waals surface area contributed by atoms with E-state index < -0.39 is 11.6 Å². The van der Waals surface area contributed by atoms with Gasteiger partial charge in [0.1, 0.15) is 5.50 Å². The van der Waals surface area contributed by atoms with Crippen LogP contribution in [0.15, 0.2) is 24.3 Å². The SMILES string of the molecule is C#CCCC(Cl)N(C(=O)O)c1cccc(Cl)c1. The number of terminal acetylenes is 1. The number of benzene rings is 1. The number of rotatable bonds is 4. The van der Waals surface area contributed by atoms with Crippen LogP contribution in [0.2, 0.25) is 5.02 Å². The van der Waals surface area contributed by atoms with Crippen molar-refractivity contribution >= 4 is 35.0 Å². The molecule has 5 heteroatoms. The first-order chi connectivity index (χ1) is 8.06. The molecule has 1 aromatic rings. The van der Waals surface area contributed by atoms with Crippen LogP contribution in [0.4, 0.5) is 10.5 Å². The van der Waals surface area contributed by atoms with Gasteiger partial charge in [-0.3, -0.25) is 4.90 Å². The molecule has 0 saturated carbocycles. The largest absolute Gasteiger partial charge is 0.465 e. The molecule has 1 amide bonds. The van der Waals surface area contributed by atoms with E-state index in [1.165, 1.54) is 0 Å². The molecule has 1 atom stereocenters. The maximum absolute atomic E-state index is 11.2. The van der Waals surface area contributed by atoms with Crippen molar-refractivity contribution in [1.29, 1.82) is 0 Å². The molecule has 1 aromatic carbocycles. The number of anilines is 1. The van der Waals surface area contributed by atoms with Crippen LogP contribution in [0.25, 0.3) is 0 Å². The molecule has 1 rings (SSSR count). The average molecular weight is 272 g/mol. The number of carbonyl (C=O) groups is 1. The minimum atomic E-state index is -1.13. The van der Waals surface area contributed by atoms with Gasteiger partial charge in [-0.2, -0.15) is 0 Å². The van der Waals surface area contributed by atoms with E-state index in [9.17, 15) is 4.79 Å². The lowest BCUT2D eigenvalue weighted by Gasteiger charge is -2.24. The summed E-state index contributed by atoms with van der Waals surface area (Å²) in [4.78, 5) is 12.2. The Labute approximate surface area is 110 Å². The van der Waals surface area contributed by atoms with E-state index in [0.29, 0.717) is 23.6 Å². The zero-order valence-electron chi connectivity index (χ0n) is 8.94. The molecule has 0 saturated heterocycles. The van der Waals surface area contributed by atoms with Gasteiger partial charge >= 0.3 is 6.09 Å². The highest BCUT2D eigenvalue weighted by atomic mass is 35.5. The van der Waals surface area contributed by atoms with Crippen molar-refractivity contribution in [2.75, 3.05) is 4.90 Å². The lowest BCUT2D eigenvalue weighted by atomic mass is 10.2. The quantitative estimate of drug-likeness (QED) is 0.514. The van der Waals surface area contributed by atoms with Gasteiger partial charge in [0.25, 0.3) is 0 Å². The summed E-state index contributed by atoms with van der Waals surface area (Å²) in [6.45, 7) is 0. The fourth-order valence-electron chi connectivity index (χ4n) is 1.35. The predicted molar refractivity (Wildman–Crippen MR) is 69.7 cm³/mol. The van der Waals surface area contributed by atoms with Crippen molar-refractivity contribution in [3.63, 3.8) is 0 Å². The van der Waals surface area contributed by atoms with Gasteiger partial charge in [-0.15, -0.1) is 12.3 Å². The summed E-state index contributed by atoms with van der Waals surface area (Å²) in [5, 5.41) is 9.59.